The number of ether oxygens (including phenoxy) is 1. The second-order valence-electron chi connectivity index (χ2n) is 6.61. The molecule has 0 aromatic heterocycles. The third-order valence-corrected chi connectivity index (χ3v) is 4.50. The molecule has 1 aliphatic rings. The van der Waals surface area contributed by atoms with Gasteiger partial charge in [-0.2, -0.15) is 0 Å². The van der Waals surface area contributed by atoms with Crippen molar-refractivity contribution in [2.24, 2.45) is 11.8 Å². The first-order chi connectivity index (χ1) is 10.3. The lowest BCUT2D eigenvalue weighted by molar-refractivity contribution is 0.274. The molecule has 2 atom stereocenters. The Morgan fingerprint density at radius 2 is 2.00 bits per heavy atom. The first-order valence-corrected chi connectivity index (χ1v) is 8.70. The zero-order valence-electron chi connectivity index (χ0n) is 13.7. The van der Waals surface area contributed by atoms with Crippen molar-refractivity contribution in [1.82, 2.24) is 5.32 Å². The van der Waals surface area contributed by atoms with Gasteiger partial charge in [-0.15, -0.1) is 0 Å². The van der Waals surface area contributed by atoms with Crippen LogP contribution in [0.2, 0.25) is 0 Å². The highest BCUT2D eigenvalue weighted by Gasteiger charge is 2.18. The van der Waals surface area contributed by atoms with E-state index >= 15 is 0 Å². The molecule has 0 spiro atoms. The Kier molecular flexibility index (Phi) is 7.08. The van der Waals surface area contributed by atoms with Crippen LogP contribution >= 0.6 is 0 Å². The van der Waals surface area contributed by atoms with Crippen LogP contribution in [0.5, 0.6) is 5.75 Å². The van der Waals surface area contributed by atoms with Crippen molar-refractivity contribution in [3.8, 4) is 5.75 Å². The first-order valence-electron chi connectivity index (χ1n) is 8.70. The molecule has 1 saturated carbocycles. The second kappa shape index (κ2) is 9.09. The summed E-state index contributed by atoms with van der Waals surface area (Å²) in [5.74, 6) is 2.80. The Bertz CT molecular complexity index is 387. The van der Waals surface area contributed by atoms with Crippen molar-refractivity contribution >= 4 is 0 Å². The van der Waals surface area contributed by atoms with Crippen LogP contribution in [-0.4, -0.2) is 13.2 Å². The van der Waals surface area contributed by atoms with Crippen molar-refractivity contribution in [2.45, 2.75) is 58.9 Å². The molecule has 0 amide bonds. The molecule has 1 fully saturated rings. The molecular weight excluding hydrogens is 258 g/mol. The van der Waals surface area contributed by atoms with Crippen LogP contribution in [0.25, 0.3) is 0 Å². The van der Waals surface area contributed by atoms with Gasteiger partial charge >= 0.3 is 0 Å². The molecule has 0 bridgehead atoms. The summed E-state index contributed by atoms with van der Waals surface area (Å²) in [5, 5.41) is 3.62. The van der Waals surface area contributed by atoms with E-state index in [1.165, 1.54) is 44.2 Å². The van der Waals surface area contributed by atoms with Crippen LogP contribution in [0, 0.1) is 11.8 Å². The summed E-state index contributed by atoms with van der Waals surface area (Å²) in [6.45, 7) is 7.54. The molecule has 1 aromatic rings. The topological polar surface area (TPSA) is 21.3 Å². The third-order valence-electron chi connectivity index (χ3n) is 4.50. The van der Waals surface area contributed by atoms with Gasteiger partial charge in [0.15, 0.2) is 0 Å². The fourth-order valence-corrected chi connectivity index (χ4v) is 3.20. The van der Waals surface area contributed by atoms with Crippen molar-refractivity contribution < 1.29 is 4.74 Å². The molecule has 2 heteroatoms. The van der Waals surface area contributed by atoms with Crippen LogP contribution in [0.4, 0.5) is 0 Å². The summed E-state index contributed by atoms with van der Waals surface area (Å²) in [4.78, 5) is 0. The van der Waals surface area contributed by atoms with E-state index in [0.717, 1.165) is 37.2 Å². The number of rotatable bonds is 8. The molecule has 2 nitrogen and oxygen atoms in total. The summed E-state index contributed by atoms with van der Waals surface area (Å²) in [6, 6.07) is 8.54. The third kappa shape index (κ3) is 6.09. The maximum Gasteiger partial charge on any atom is 0.119 e. The SMILES string of the molecule is CCCCOc1ccc(CNCC2CCCC(C)C2)cc1. The lowest BCUT2D eigenvalue weighted by Gasteiger charge is -2.26. The number of nitrogens with one attached hydrogen (secondary N) is 1. The maximum atomic E-state index is 5.69. The second-order valence-corrected chi connectivity index (χ2v) is 6.61. The summed E-state index contributed by atoms with van der Waals surface area (Å²) in [7, 11) is 0. The highest BCUT2D eigenvalue weighted by molar-refractivity contribution is 5.27. The molecule has 1 aromatic carbocycles. The smallest absolute Gasteiger partial charge is 0.119 e. The van der Waals surface area contributed by atoms with E-state index in [1.54, 1.807) is 0 Å². The zero-order valence-corrected chi connectivity index (χ0v) is 13.7. The van der Waals surface area contributed by atoms with Gasteiger partial charge in [0, 0.05) is 6.54 Å². The van der Waals surface area contributed by atoms with Gasteiger partial charge in [0.1, 0.15) is 5.75 Å². The highest BCUT2D eigenvalue weighted by Crippen LogP contribution is 2.27. The van der Waals surface area contributed by atoms with Gasteiger partial charge in [-0.25, -0.2) is 0 Å². The average Bonchev–Trinajstić information content (AvgIpc) is 2.49. The van der Waals surface area contributed by atoms with Crippen LogP contribution in [0.1, 0.15) is 57.9 Å². The van der Waals surface area contributed by atoms with Gasteiger partial charge in [0.2, 0.25) is 0 Å². The number of benzene rings is 1. The van der Waals surface area contributed by atoms with E-state index in [4.69, 9.17) is 4.74 Å². The van der Waals surface area contributed by atoms with E-state index in [1.807, 2.05) is 0 Å². The molecule has 0 aliphatic heterocycles. The highest BCUT2D eigenvalue weighted by atomic mass is 16.5. The predicted octanol–water partition coefficient (Wildman–Crippen LogP) is 4.78. The number of hydrogen-bond acceptors (Lipinski definition) is 2. The van der Waals surface area contributed by atoms with Gasteiger partial charge < -0.3 is 10.1 Å². The van der Waals surface area contributed by atoms with Crippen molar-refractivity contribution in [2.75, 3.05) is 13.2 Å². The first kappa shape index (κ1) is 16.4. The molecule has 2 rings (SSSR count). The fraction of sp³-hybridized carbons (Fsp3) is 0.684. The van der Waals surface area contributed by atoms with E-state index in [2.05, 4.69) is 43.4 Å². The Balaban J connectivity index is 1.66. The molecule has 1 aliphatic carbocycles. The quantitative estimate of drug-likeness (QED) is 0.695. The minimum absolute atomic E-state index is 0.827. The molecule has 1 N–H and O–H groups in total. The van der Waals surface area contributed by atoms with Gasteiger partial charge in [-0.1, -0.05) is 45.2 Å². The minimum atomic E-state index is 0.827. The molecule has 2 unspecified atom stereocenters. The summed E-state index contributed by atoms with van der Waals surface area (Å²) >= 11 is 0. The van der Waals surface area contributed by atoms with Gasteiger partial charge in [-0.3, -0.25) is 0 Å². The van der Waals surface area contributed by atoms with Crippen LogP contribution in [-0.2, 0) is 6.54 Å². The van der Waals surface area contributed by atoms with Crippen molar-refractivity contribution in [3.05, 3.63) is 29.8 Å². The monoisotopic (exact) mass is 289 g/mol. The van der Waals surface area contributed by atoms with E-state index in [9.17, 15) is 0 Å². The lowest BCUT2D eigenvalue weighted by atomic mass is 9.82. The van der Waals surface area contributed by atoms with Crippen molar-refractivity contribution in [1.29, 1.82) is 0 Å². The summed E-state index contributed by atoms with van der Waals surface area (Å²) < 4.78 is 5.69. The van der Waals surface area contributed by atoms with E-state index < -0.39 is 0 Å². The maximum absolute atomic E-state index is 5.69. The summed E-state index contributed by atoms with van der Waals surface area (Å²) in [6.07, 6.45) is 7.96. The molecule has 21 heavy (non-hydrogen) atoms. The lowest BCUT2D eigenvalue weighted by Crippen LogP contribution is -2.26. The Morgan fingerprint density at radius 1 is 1.19 bits per heavy atom. The standard InChI is InChI=1S/C19H31NO/c1-3-4-12-21-19-10-8-17(9-11-19)14-20-15-18-7-5-6-16(2)13-18/h8-11,16,18,20H,3-7,12-15H2,1-2H3. The summed E-state index contributed by atoms with van der Waals surface area (Å²) in [5.41, 5.74) is 1.35. The number of hydrogen-bond donors (Lipinski definition) is 1. The average molecular weight is 289 g/mol. The zero-order chi connectivity index (χ0) is 14.9. The molecule has 0 radical (unpaired) electrons. The normalized spacial score (nSPS) is 22.2. The number of unbranched alkanes of at least 4 members (excludes halogenated alkanes) is 1. The van der Waals surface area contributed by atoms with E-state index in [0.29, 0.717) is 0 Å². The van der Waals surface area contributed by atoms with Gasteiger partial charge in [-0.05, 0) is 55.3 Å². The Morgan fingerprint density at radius 3 is 2.71 bits per heavy atom. The van der Waals surface area contributed by atoms with Gasteiger partial charge in [0.05, 0.1) is 6.61 Å². The van der Waals surface area contributed by atoms with Crippen LogP contribution in [0.15, 0.2) is 24.3 Å². The molecule has 0 saturated heterocycles. The Hall–Kier alpha value is -1.02. The fourth-order valence-electron chi connectivity index (χ4n) is 3.20. The molecule has 118 valence electrons. The van der Waals surface area contributed by atoms with Crippen molar-refractivity contribution in [3.63, 3.8) is 0 Å². The predicted molar refractivity (Wildman–Crippen MR) is 89.7 cm³/mol. The van der Waals surface area contributed by atoms with Crippen LogP contribution < -0.4 is 10.1 Å². The van der Waals surface area contributed by atoms with Crippen LogP contribution in [0.3, 0.4) is 0 Å². The minimum Gasteiger partial charge on any atom is -0.494 e. The largest absolute Gasteiger partial charge is 0.494 e. The molecular formula is C19H31NO. The Labute approximate surface area is 130 Å². The van der Waals surface area contributed by atoms with Gasteiger partial charge in [0.25, 0.3) is 0 Å². The van der Waals surface area contributed by atoms with E-state index in [-0.39, 0.29) is 0 Å². The molecule has 0 heterocycles.